The third-order valence-corrected chi connectivity index (χ3v) is 3.27. The number of nitriles is 1. The minimum atomic E-state index is -0.980. The molecule has 0 aromatic heterocycles. The SMILES string of the molecule is N#C/C(=C/c1ccc(Br)cc1)c1ccc(C(=O)O)cc1. The van der Waals surface area contributed by atoms with E-state index in [1.807, 2.05) is 24.3 Å². The first-order valence-electron chi connectivity index (χ1n) is 5.81. The van der Waals surface area contributed by atoms with E-state index in [-0.39, 0.29) is 5.56 Å². The lowest BCUT2D eigenvalue weighted by Crippen LogP contribution is -1.95. The van der Waals surface area contributed by atoms with E-state index in [2.05, 4.69) is 22.0 Å². The highest BCUT2D eigenvalue weighted by molar-refractivity contribution is 9.10. The Kier molecular flexibility index (Phi) is 4.34. The summed E-state index contributed by atoms with van der Waals surface area (Å²) in [6, 6.07) is 16.0. The average molecular weight is 328 g/mol. The molecule has 0 spiro atoms. The van der Waals surface area contributed by atoms with E-state index in [1.165, 1.54) is 12.1 Å². The van der Waals surface area contributed by atoms with Crippen LogP contribution in [0.15, 0.2) is 53.0 Å². The quantitative estimate of drug-likeness (QED) is 0.678. The number of carbonyl (C=O) groups is 1. The van der Waals surface area contributed by atoms with E-state index in [1.54, 1.807) is 18.2 Å². The maximum absolute atomic E-state index is 10.8. The largest absolute Gasteiger partial charge is 0.478 e. The molecule has 0 amide bonds. The van der Waals surface area contributed by atoms with Crippen LogP contribution in [0.4, 0.5) is 0 Å². The Hall–Kier alpha value is -2.38. The summed E-state index contributed by atoms with van der Waals surface area (Å²) in [5.41, 5.74) is 2.30. The van der Waals surface area contributed by atoms with E-state index in [4.69, 9.17) is 5.11 Å². The monoisotopic (exact) mass is 327 g/mol. The zero-order valence-corrected chi connectivity index (χ0v) is 12.0. The van der Waals surface area contributed by atoms with Gasteiger partial charge in [0.15, 0.2) is 0 Å². The van der Waals surface area contributed by atoms with Gasteiger partial charge < -0.3 is 5.11 Å². The van der Waals surface area contributed by atoms with Gasteiger partial charge in [-0.05, 0) is 41.5 Å². The first kappa shape index (κ1) is 14.0. The summed E-state index contributed by atoms with van der Waals surface area (Å²) in [5, 5.41) is 18.1. The van der Waals surface area contributed by atoms with Gasteiger partial charge in [0, 0.05) is 4.47 Å². The second-order valence-electron chi connectivity index (χ2n) is 4.10. The van der Waals surface area contributed by atoms with Crippen molar-refractivity contribution < 1.29 is 9.90 Å². The standard InChI is InChI=1S/C16H10BrNO2/c17-15-7-1-11(2-8-15)9-14(10-18)12-3-5-13(6-4-12)16(19)20/h1-9H,(H,19,20)/b14-9-. The third-order valence-electron chi connectivity index (χ3n) is 2.74. The fraction of sp³-hybridized carbons (Fsp3) is 0. The van der Waals surface area contributed by atoms with E-state index in [0.29, 0.717) is 11.1 Å². The number of aromatic carboxylic acids is 1. The van der Waals surface area contributed by atoms with Crippen molar-refractivity contribution in [3.05, 3.63) is 69.7 Å². The van der Waals surface area contributed by atoms with Crippen molar-refractivity contribution in [2.45, 2.75) is 0 Å². The van der Waals surface area contributed by atoms with Crippen LogP contribution >= 0.6 is 15.9 Å². The van der Waals surface area contributed by atoms with Gasteiger partial charge in [0.2, 0.25) is 0 Å². The molecule has 4 heteroatoms. The molecule has 0 fully saturated rings. The van der Waals surface area contributed by atoms with Crippen LogP contribution in [0.2, 0.25) is 0 Å². The van der Waals surface area contributed by atoms with Gasteiger partial charge in [-0.2, -0.15) is 5.26 Å². The molecule has 0 aliphatic carbocycles. The predicted octanol–water partition coefficient (Wildman–Crippen LogP) is 4.21. The van der Waals surface area contributed by atoms with Crippen molar-refractivity contribution in [2.24, 2.45) is 0 Å². The number of hydrogen-bond donors (Lipinski definition) is 1. The Bertz CT molecular complexity index is 695. The van der Waals surface area contributed by atoms with E-state index in [0.717, 1.165) is 10.0 Å². The number of carboxylic acids is 1. The van der Waals surface area contributed by atoms with Crippen molar-refractivity contribution in [1.82, 2.24) is 0 Å². The molecule has 2 aromatic rings. The minimum absolute atomic E-state index is 0.203. The normalized spacial score (nSPS) is 10.9. The van der Waals surface area contributed by atoms with Gasteiger partial charge in [0.25, 0.3) is 0 Å². The van der Waals surface area contributed by atoms with Crippen molar-refractivity contribution >= 4 is 33.5 Å². The van der Waals surface area contributed by atoms with Crippen LogP contribution in [0.1, 0.15) is 21.5 Å². The average Bonchev–Trinajstić information content (AvgIpc) is 2.47. The number of benzene rings is 2. The van der Waals surface area contributed by atoms with Crippen LogP contribution in [0.3, 0.4) is 0 Å². The maximum Gasteiger partial charge on any atom is 0.335 e. The number of halogens is 1. The van der Waals surface area contributed by atoms with Gasteiger partial charge in [0.1, 0.15) is 0 Å². The van der Waals surface area contributed by atoms with E-state index >= 15 is 0 Å². The molecule has 0 heterocycles. The lowest BCUT2D eigenvalue weighted by Gasteiger charge is -2.01. The lowest BCUT2D eigenvalue weighted by atomic mass is 10.0. The van der Waals surface area contributed by atoms with E-state index in [9.17, 15) is 10.1 Å². The van der Waals surface area contributed by atoms with Crippen LogP contribution in [0.5, 0.6) is 0 Å². The molecule has 0 atom stereocenters. The molecular formula is C16H10BrNO2. The summed E-state index contributed by atoms with van der Waals surface area (Å²) >= 11 is 3.35. The molecule has 20 heavy (non-hydrogen) atoms. The summed E-state index contributed by atoms with van der Waals surface area (Å²) in [6.45, 7) is 0. The van der Waals surface area contributed by atoms with Gasteiger partial charge in [-0.3, -0.25) is 0 Å². The Morgan fingerprint density at radius 2 is 1.60 bits per heavy atom. The summed E-state index contributed by atoms with van der Waals surface area (Å²) < 4.78 is 0.971. The number of rotatable bonds is 3. The highest BCUT2D eigenvalue weighted by Gasteiger charge is 2.05. The lowest BCUT2D eigenvalue weighted by molar-refractivity contribution is 0.0697. The summed E-state index contributed by atoms with van der Waals surface area (Å²) in [6.07, 6.45) is 1.77. The first-order chi connectivity index (χ1) is 9.60. The first-order valence-corrected chi connectivity index (χ1v) is 6.60. The second kappa shape index (κ2) is 6.18. The molecule has 98 valence electrons. The second-order valence-corrected chi connectivity index (χ2v) is 5.02. The zero-order chi connectivity index (χ0) is 14.5. The van der Waals surface area contributed by atoms with Crippen molar-refractivity contribution in [3.8, 4) is 6.07 Å². The Balaban J connectivity index is 2.35. The molecule has 1 N–H and O–H groups in total. The minimum Gasteiger partial charge on any atom is -0.478 e. The predicted molar refractivity (Wildman–Crippen MR) is 81.0 cm³/mol. The zero-order valence-electron chi connectivity index (χ0n) is 10.4. The van der Waals surface area contributed by atoms with Crippen LogP contribution in [0, 0.1) is 11.3 Å². The molecule has 0 aliphatic rings. The molecular weight excluding hydrogens is 318 g/mol. The molecule has 0 unspecified atom stereocenters. The number of carboxylic acid groups (broad SMARTS) is 1. The number of hydrogen-bond acceptors (Lipinski definition) is 2. The summed E-state index contributed by atoms with van der Waals surface area (Å²) in [5.74, 6) is -0.980. The van der Waals surface area contributed by atoms with Crippen LogP contribution < -0.4 is 0 Å². The van der Waals surface area contributed by atoms with Crippen LogP contribution in [-0.4, -0.2) is 11.1 Å². The maximum atomic E-state index is 10.8. The van der Waals surface area contributed by atoms with Crippen LogP contribution in [-0.2, 0) is 0 Å². The van der Waals surface area contributed by atoms with Gasteiger partial charge >= 0.3 is 5.97 Å². The van der Waals surface area contributed by atoms with Crippen molar-refractivity contribution in [1.29, 1.82) is 5.26 Å². The molecule has 0 saturated heterocycles. The molecule has 0 aliphatic heterocycles. The topological polar surface area (TPSA) is 61.1 Å². The fourth-order valence-electron chi connectivity index (χ4n) is 1.70. The van der Waals surface area contributed by atoms with Crippen LogP contribution in [0.25, 0.3) is 11.6 Å². The molecule has 0 bridgehead atoms. The van der Waals surface area contributed by atoms with Gasteiger partial charge in [-0.25, -0.2) is 4.79 Å². The molecule has 3 nitrogen and oxygen atoms in total. The number of allylic oxidation sites excluding steroid dienone is 1. The van der Waals surface area contributed by atoms with E-state index < -0.39 is 5.97 Å². The fourth-order valence-corrected chi connectivity index (χ4v) is 1.96. The highest BCUT2D eigenvalue weighted by atomic mass is 79.9. The molecule has 2 rings (SSSR count). The highest BCUT2D eigenvalue weighted by Crippen LogP contribution is 2.19. The molecule has 0 radical (unpaired) electrons. The van der Waals surface area contributed by atoms with Crippen molar-refractivity contribution in [3.63, 3.8) is 0 Å². The Morgan fingerprint density at radius 1 is 1.05 bits per heavy atom. The molecule has 2 aromatic carbocycles. The smallest absolute Gasteiger partial charge is 0.335 e. The molecule has 0 saturated carbocycles. The van der Waals surface area contributed by atoms with Crippen molar-refractivity contribution in [2.75, 3.05) is 0 Å². The summed E-state index contributed by atoms with van der Waals surface area (Å²) in [4.78, 5) is 10.8. The van der Waals surface area contributed by atoms with Gasteiger partial charge in [-0.1, -0.05) is 40.2 Å². The third kappa shape index (κ3) is 3.34. The Labute approximate surface area is 124 Å². The summed E-state index contributed by atoms with van der Waals surface area (Å²) in [7, 11) is 0. The van der Waals surface area contributed by atoms with Gasteiger partial charge in [0.05, 0.1) is 17.2 Å². The number of nitrogens with zero attached hydrogens (tertiary/aromatic N) is 1. The van der Waals surface area contributed by atoms with Gasteiger partial charge in [-0.15, -0.1) is 0 Å². The Morgan fingerprint density at radius 3 is 2.10 bits per heavy atom.